The number of carboxylic acid groups (broad SMARTS) is 3. The predicted molar refractivity (Wildman–Crippen MR) is 271 cm³/mol. The van der Waals surface area contributed by atoms with E-state index in [4.69, 9.17) is 0 Å². The Morgan fingerprint density at radius 1 is 0.561 bits per heavy atom. The van der Waals surface area contributed by atoms with Gasteiger partial charge >= 0.3 is 17.9 Å². The first-order valence-corrected chi connectivity index (χ1v) is 27.7. The summed E-state index contributed by atoms with van der Waals surface area (Å²) >= 11 is 0. The maximum Gasteiger partial charge on any atom is 0.309 e. The molecule has 9 aliphatic rings. The second-order valence-corrected chi connectivity index (χ2v) is 26.9. The molecule has 9 aliphatic carbocycles. The number of hydrogen-bond acceptors (Lipinski definition) is 3. The molecule has 0 aromatic carbocycles. The molecule has 0 aromatic heterocycles. The van der Waals surface area contributed by atoms with Gasteiger partial charge in [-0.15, -0.1) is 0 Å². The van der Waals surface area contributed by atoms with Crippen LogP contribution in [0.25, 0.3) is 0 Å². The molecule has 15 unspecified atom stereocenters. The number of fused-ring (bicyclic) bond motifs is 9. The highest BCUT2D eigenvalue weighted by molar-refractivity contribution is 5.76. The van der Waals surface area contributed by atoms with Crippen molar-refractivity contribution in [1.82, 2.24) is 0 Å². The van der Waals surface area contributed by atoms with Gasteiger partial charge in [-0.1, -0.05) is 111 Å². The smallest absolute Gasteiger partial charge is 0.309 e. The van der Waals surface area contributed by atoms with Crippen molar-refractivity contribution in [2.75, 3.05) is 0 Å². The molecule has 0 radical (unpaired) electrons. The predicted octanol–water partition coefficient (Wildman–Crippen LogP) is 16.1. The van der Waals surface area contributed by atoms with Gasteiger partial charge in [-0.2, -0.15) is 0 Å². The van der Waals surface area contributed by atoms with Crippen LogP contribution < -0.4 is 0 Å². The molecule has 0 aliphatic heterocycles. The number of rotatable bonds is 6. The van der Waals surface area contributed by atoms with Gasteiger partial charge in [0, 0.05) is 1.43 Å². The summed E-state index contributed by atoms with van der Waals surface area (Å²) in [5, 5.41) is 29.5. The largest absolute Gasteiger partial charge is 0.481 e. The highest BCUT2D eigenvalue weighted by Crippen LogP contribution is 2.66. The average molecular weight is 915 g/mol. The number of hydrogen-bond donors (Lipinski definition) is 3. The second kappa shape index (κ2) is 19.1. The Kier molecular flexibility index (Phi) is 14.9. The summed E-state index contributed by atoms with van der Waals surface area (Å²) in [6.45, 7) is 27.2. The van der Waals surface area contributed by atoms with Gasteiger partial charge in [0.25, 0.3) is 0 Å². The number of carbonyl (C=O) groups is 3. The Balaban J connectivity index is 0.000000165. The molecular formula is C60H98O6. The van der Waals surface area contributed by atoms with E-state index in [2.05, 4.69) is 80.5 Å². The molecule has 0 bridgehead atoms. The molecule has 374 valence electrons. The van der Waals surface area contributed by atoms with Gasteiger partial charge < -0.3 is 15.3 Å². The zero-order valence-corrected chi connectivity index (χ0v) is 44.1. The van der Waals surface area contributed by atoms with E-state index < -0.39 is 34.2 Å². The highest BCUT2D eigenvalue weighted by atomic mass is 16.4. The minimum Gasteiger partial charge on any atom is -0.481 e. The van der Waals surface area contributed by atoms with Crippen molar-refractivity contribution < 1.29 is 31.1 Å². The summed E-state index contributed by atoms with van der Waals surface area (Å²) in [4.78, 5) is 35.9. The van der Waals surface area contributed by atoms with Crippen LogP contribution in [0.4, 0.5) is 0 Å². The van der Waals surface area contributed by atoms with Gasteiger partial charge in [0.15, 0.2) is 0 Å². The Bertz CT molecular complexity index is 1910. The number of carboxylic acids is 3. The van der Waals surface area contributed by atoms with E-state index in [0.717, 1.165) is 81.5 Å². The Morgan fingerprint density at radius 3 is 1.59 bits per heavy atom. The van der Waals surface area contributed by atoms with Gasteiger partial charge in [-0.05, 0) is 229 Å². The topological polar surface area (TPSA) is 112 Å². The lowest BCUT2D eigenvalue weighted by Crippen LogP contribution is -2.56. The van der Waals surface area contributed by atoms with Crippen molar-refractivity contribution in [2.24, 2.45) is 104 Å². The molecule has 6 fully saturated rings. The Labute approximate surface area is 404 Å². The van der Waals surface area contributed by atoms with Crippen LogP contribution in [0.5, 0.6) is 0 Å². The molecule has 3 N–H and O–H groups in total. The summed E-state index contributed by atoms with van der Waals surface area (Å²) < 4.78 is 0. The fourth-order valence-electron chi connectivity index (χ4n) is 18.6. The standard InChI is InChI=1S/C20H34O2.C20H32O2.C20H30O2.H2/c3*1-13(2)14-6-8-16-15(12-14)7-9-17-19(16,3)10-5-11-20(17,4)18(21)22;/h13-17H,5-12H2,1-4H3,(H,21,22);12-13,15-17H,5-11H2,1-4H3,(H,21,22);7,12-13,16-17H,5-6,8-11H2,1-4H3,(H,21,22);1H. The second-order valence-electron chi connectivity index (χ2n) is 26.9. The van der Waals surface area contributed by atoms with E-state index in [-0.39, 0.29) is 23.6 Å². The maximum atomic E-state index is 12.0. The average Bonchev–Trinajstić information content (AvgIpc) is 3.26. The van der Waals surface area contributed by atoms with Crippen molar-refractivity contribution in [2.45, 2.75) is 218 Å². The molecule has 6 saturated carbocycles. The van der Waals surface area contributed by atoms with Crippen LogP contribution in [0.3, 0.4) is 0 Å². The fraction of sp³-hybridized carbons (Fsp3) is 0.850. The first-order chi connectivity index (χ1) is 30.9. The van der Waals surface area contributed by atoms with E-state index in [1.54, 1.807) is 11.1 Å². The first kappa shape index (κ1) is 51.5. The van der Waals surface area contributed by atoms with Crippen molar-refractivity contribution in [1.29, 1.82) is 0 Å². The zero-order valence-electron chi connectivity index (χ0n) is 44.1. The van der Waals surface area contributed by atoms with Crippen LogP contribution in [0.1, 0.15) is 219 Å². The van der Waals surface area contributed by atoms with E-state index in [0.29, 0.717) is 41.4 Å². The number of aliphatic carboxylic acids is 3. The van der Waals surface area contributed by atoms with E-state index >= 15 is 0 Å². The van der Waals surface area contributed by atoms with Gasteiger partial charge in [-0.3, -0.25) is 14.4 Å². The van der Waals surface area contributed by atoms with Crippen LogP contribution in [-0.2, 0) is 14.4 Å². The van der Waals surface area contributed by atoms with Gasteiger partial charge in [-0.25, -0.2) is 0 Å². The van der Waals surface area contributed by atoms with Gasteiger partial charge in [0.1, 0.15) is 0 Å². The van der Waals surface area contributed by atoms with Crippen LogP contribution in [0, 0.1) is 104 Å². The molecule has 0 saturated heterocycles. The minimum atomic E-state index is -0.588. The lowest BCUT2D eigenvalue weighted by molar-refractivity contribution is -0.173. The summed E-state index contributed by atoms with van der Waals surface area (Å²) in [6.07, 6.45) is 31.5. The summed E-state index contributed by atoms with van der Waals surface area (Å²) in [7, 11) is 0. The first-order valence-electron chi connectivity index (χ1n) is 27.7. The molecule has 6 heteroatoms. The van der Waals surface area contributed by atoms with Crippen LogP contribution in [-0.4, -0.2) is 33.2 Å². The molecular weight excluding hydrogens is 817 g/mol. The molecule has 0 spiro atoms. The quantitative estimate of drug-likeness (QED) is 0.229. The van der Waals surface area contributed by atoms with E-state index in [1.165, 1.54) is 82.6 Å². The third-order valence-electron chi connectivity index (χ3n) is 22.7. The minimum absolute atomic E-state index is 0. The highest BCUT2D eigenvalue weighted by Gasteiger charge is 2.61. The van der Waals surface area contributed by atoms with Crippen LogP contribution in [0.15, 0.2) is 34.9 Å². The molecule has 15 atom stereocenters. The lowest BCUT2D eigenvalue weighted by atomic mass is 9.43. The zero-order chi connectivity index (χ0) is 48.4. The van der Waals surface area contributed by atoms with Crippen molar-refractivity contribution in [3.05, 3.63) is 34.9 Å². The van der Waals surface area contributed by atoms with E-state index in [9.17, 15) is 29.7 Å². The monoisotopic (exact) mass is 915 g/mol. The van der Waals surface area contributed by atoms with Crippen molar-refractivity contribution in [3.8, 4) is 0 Å². The van der Waals surface area contributed by atoms with Gasteiger partial charge in [0.05, 0.1) is 16.2 Å². The summed E-state index contributed by atoms with van der Waals surface area (Å²) in [5.74, 6) is 5.95. The SMILES string of the molecule is CC(C)C1=CC2=CCC3C(C)(C(=O)O)CCCC3(C)C2CC1.CC(C)C1=CC2CCC3C(C)(C(=O)O)CCCC3(C)C2CC1.CC(C)C1CCC2C(CCC3C(C)(C(=O)O)CCCC23C)C1.[HH]. The maximum absolute atomic E-state index is 12.0. The number of allylic oxidation sites excluding steroid dienone is 6. The fourth-order valence-corrected chi connectivity index (χ4v) is 18.6. The van der Waals surface area contributed by atoms with Gasteiger partial charge in [0.2, 0.25) is 0 Å². The normalized spacial score (nSPS) is 45.0. The molecule has 6 nitrogen and oxygen atoms in total. The molecule has 66 heavy (non-hydrogen) atoms. The summed E-state index contributed by atoms with van der Waals surface area (Å²) in [5.41, 5.74) is 3.85. The Hall–Kier alpha value is -2.37. The van der Waals surface area contributed by atoms with Crippen LogP contribution in [0.2, 0.25) is 0 Å². The van der Waals surface area contributed by atoms with Crippen LogP contribution >= 0.6 is 0 Å². The lowest BCUT2D eigenvalue weighted by Gasteiger charge is -2.60. The third kappa shape index (κ3) is 8.89. The van der Waals surface area contributed by atoms with Crippen molar-refractivity contribution in [3.63, 3.8) is 0 Å². The summed E-state index contributed by atoms with van der Waals surface area (Å²) in [6, 6.07) is 0. The molecule has 0 heterocycles. The third-order valence-corrected chi connectivity index (χ3v) is 22.7. The Morgan fingerprint density at radius 2 is 1.06 bits per heavy atom. The van der Waals surface area contributed by atoms with Crippen molar-refractivity contribution >= 4 is 17.9 Å². The molecule has 9 rings (SSSR count). The molecule has 0 amide bonds. The molecule has 0 aromatic rings. The van der Waals surface area contributed by atoms with E-state index in [1.807, 2.05) is 20.8 Å².